The van der Waals surface area contributed by atoms with Gasteiger partial charge in [0.1, 0.15) is 0 Å². The van der Waals surface area contributed by atoms with Gasteiger partial charge in [-0.3, -0.25) is 9.59 Å². The van der Waals surface area contributed by atoms with Crippen LogP contribution in [0.15, 0.2) is 30.3 Å². The largest absolute Gasteiger partial charge is 0.373 e. The predicted molar refractivity (Wildman–Crippen MR) is 105 cm³/mol. The van der Waals surface area contributed by atoms with Gasteiger partial charge in [0.25, 0.3) is 0 Å². The van der Waals surface area contributed by atoms with Crippen molar-refractivity contribution >= 4 is 11.8 Å². The molecule has 0 unspecified atom stereocenters. The molecule has 0 aliphatic rings. The first kappa shape index (κ1) is 22.2. The van der Waals surface area contributed by atoms with E-state index in [0.717, 1.165) is 5.56 Å². The summed E-state index contributed by atoms with van der Waals surface area (Å²) in [6.45, 7) is 12.1. The second-order valence-electron chi connectivity index (χ2n) is 8.76. The fourth-order valence-corrected chi connectivity index (χ4v) is 2.48. The van der Waals surface area contributed by atoms with Crippen LogP contribution < -0.4 is 10.6 Å². The van der Waals surface area contributed by atoms with E-state index in [4.69, 9.17) is 4.74 Å². The summed E-state index contributed by atoms with van der Waals surface area (Å²) in [6, 6.07) is 9.83. The minimum atomic E-state index is -0.303. The lowest BCUT2D eigenvalue weighted by molar-refractivity contribution is -0.128. The number of hydrogen-bond donors (Lipinski definition) is 2. The zero-order valence-corrected chi connectivity index (χ0v) is 17.0. The highest BCUT2D eigenvalue weighted by atomic mass is 16.5. The summed E-state index contributed by atoms with van der Waals surface area (Å²) in [5.74, 6) is -0.0890. The Hall–Kier alpha value is -1.88. The molecule has 0 aliphatic heterocycles. The maximum atomic E-state index is 12.3. The molecule has 0 spiro atoms. The number of rotatable bonds is 8. The molecule has 0 aliphatic carbocycles. The SMILES string of the molecule is CC(C)(C)NC(=O)CC[C@H](CC(=O)NC(C)(C)C)OCc1ccccc1. The Balaban J connectivity index is 2.62. The monoisotopic (exact) mass is 362 g/mol. The average molecular weight is 363 g/mol. The molecule has 5 heteroatoms. The number of carbonyl (C=O) groups is 2. The second kappa shape index (κ2) is 9.72. The van der Waals surface area contributed by atoms with Gasteiger partial charge in [0, 0.05) is 17.5 Å². The van der Waals surface area contributed by atoms with Gasteiger partial charge in [0.05, 0.1) is 19.1 Å². The van der Waals surface area contributed by atoms with Crippen LogP contribution in [0.4, 0.5) is 0 Å². The maximum Gasteiger partial charge on any atom is 0.223 e. The summed E-state index contributed by atoms with van der Waals surface area (Å²) in [6.07, 6.45) is 0.780. The van der Waals surface area contributed by atoms with Gasteiger partial charge in [-0.25, -0.2) is 0 Å². The summed E-state index contributed by atoms with van der Waals surface area (Å²) in [4.78, 5) is 24.3. The van der Waals surface area contributed by atoms with Gasteiger partial charge in [-0.15, -0.1) is 0 Å². The van der Waals surface area contributed by atoms with Gasteiger partial charge in [-0.05, 0) is 53.5 Å². The molecule has 0 heterocycles. The molecule has 0 aromatic heterocycles. The molecule has 0 saturated carbocycles. The normalized spacial score (nSPS) is 13.2. The quantitative estimate of drug-likeness (QED) is 0.743. The molecule has 146 valence electrons. The third-order valence-corrected chi connectivity index (χ3v) is 3.46. The van der Waals surface area contributed by atoms with E-state index in [1.165, 1.54) is 0 Å². The van der Waals surface area contributed by atoms with Crippen molar-refractivity contribution in [3.8, 4) is 0 Å². The van der Waals surface area contributed by atoms with Crippen LogP contribution >= 0.6 is 0 Å². The highest BCUT2D eigenvalue weighted by Crippen LogP contribution is 2.13. The van der Waals surface area contributed by atoms with Crippen molar-refractivity contribution in [3.63, 3.8) is 0 Å². The molecule has 26 heavy (non-hydrogen) atoms. The Morgan fingerprint density at radius 2 is 1.46 bits per heavy atom. The van der Waals surface area contributed by atoms with Crippen molar-refractivity contribution in [2.24, 2.45) is 0 Å². The Labute approximate surface area is 157 Å². The standard InChI is InChI=1S/C21H34N2O3/c1-20(2,3)22-18(24)13-12-17(14-19(25)23-21(4,5)6)26-15-16-10-8-7-9-11-16/h7-11,17H,12-15H2,1-6H3,(H,22,24)(H,23,25)/t17-/m1/s1. The van der Waals surface area contributed by atoms with Crippen LogP contribution in [0.1, 0.15) is 66.4 Å². The van der Waals surface area contributed by atoms with E-state index in [-0.39, 0.29) is 35.4 Å². The Bertz CT molecular complexity index is 571. The summed E-state index contributed by atoms with van der Waals surface area (Å²) in [5.41, 5.74) is 0.499. The fraction of sp³-hybridized carbons (Fsp3) is 0.619. The van der Waals surface area contributed by atoms with Crippen molar-refractivity contribution in [1.29, 1.82) is 0 Å². The van der Waals surface area contributed by atoms with Gasteiger partial charge >= 0.3 is 0 Å². The van der Waals surface area contributed by atoms with Crippen molar-refractivity contribution in [2.75, 3.05) is 0 Å². The molecule has 1 atom stereocenters. The second-order valence-corrected chi connectivity index (χ2v) is 8.76. The Kier molecular flexibility index (Phi) is 8.28. The Morgan fingerprint density at radius 3 is 2.00 bits per heavy atom. The highest BCUT2D eigenvalue weighted by molar-refractivity contribution is 5.78. The van der Waals surface area contributed by atoms with E-state index in [1.807, 2.05) is 71.9 Å². The van der Waals surface area contributed by atoms with E-state index in [9.17, 15) is 9.59 Å². The summed E-state index contributed by atoms with van der Waals surface area (Å²) in [7, 11) is 0. The van der Waals surface area contributed by atoms with Crippen LogP contribution in [-0.2, 0) is 20.9 Å². The lowest BCUT2D eigenvalue weighted by Crippen LogP contribution is -2.43. The highest BCUT2D eigenvalue weighted by Gasteiger charge is 2.21. The molecule has 1 aromatic carbocycles. The van der Waals surface area contributed by atoms with Gasteiger partial charge in [0.2, 0.25) is 11.8 Å². The first-order valence-electron chi connectivity index (χ1n) is 9.22. The predicted octanol–water partition coefficient (Wildman–Crippen LogP) is 3.57. The van der Waals surface area contributed by atoms with E-state index in [0.29, 0.717) is 19.4 Å². The van der Waals surface area contributed by atoms with E-state index in [1.54, 1.807) is 0 Å². The molecule has 0 fully saturated rings. The van der Waals surface area contributed by atoms with Crippen LogP contribution in [-0.4, -0.2) is 29.0 Å². The molecule has 1 rings (SSSR count). The summed E-state index contributed by atoms with van der Waals surface area (Å²) >= 11 is 0. The smallest absolute Gasteiger partial charge is 0.223 e. The third-order valence-electron chi connectivity index (χ3n) is 3.46. The first-order valence-corrected chi connectivity index (χ1v) is 9.22. The van der Waals surface area contributed by atoms with E-state index < -0.39 is 0 Å². The molecule has 2 amide bonds. The van der Waals surface area contributed by atoms with Crippen LogP contribution in [0, 0.1) is 0 Å². The molecule has 5 nitrogen and oxygen atoms in total. The number of hydrogen-bond acceptors (Lipinski definition) is 3. The van der Waals surface area contributed by atoms with Crippen molar-refractivity contribution in [1.82, 2.24) is 10.6 Å². The maximum absolute atomic E-state index is 12.3. The van der Waals surface area contributed by atoms with E-state index >= 15 is 0 Å². The summed E-state index contributed by atoms with van der Waals surface area (Å²) < 4.78 is 5.95. The molecular formula is C21H34N2O3. The molecule has 2 N–H and O–H groups in total. The number of benzene rings is 1. The minimum Gasteiger partial charge on any atom is -0.373 e. The molecule has 1 aromatic rings. The molecular weight excluding hydrogens is 328 g/mol. The van der Waals surface area contributed by atoms with Gasteiger partial charge in [-0.2, -0.15) is 0 Å². The van der Waals surface area contributed by atoms with Crippen LogP contribution in [0.5, 0.6) is 0 Å². The fourth-order valence-electron chi connectivity index (χ4n) is 2.48. The van der Waals surface area contributed by atoms with Crippen molar-refractivity contribution in [2.45, 2.75) is 84.6 Å². The first-order chi connectivity index (χ1) is 11.9. The van der Waals surface area contributed by atoms with Gasteiger partial charge in [-0.1, -0.05) is 30.3 Å². The number of ether oxygens (including phenoxy) is 1. The van der Waals surface area contributed by atoms with Crippen molar-refractivity contribution in [3.05, 3.63) is 35.9 Å². The zero-order valence-electron chi connectivity index (χ0n) is 17.0. The number of nitrogens with one attached hydrogen (secondary N) is 2. The Morgan fingerprint density at radius 1 is 0.923 bits per heavy atom. The van der Waals surface area contributed by atoms with Crippen LogP contribution in [0.2, 0.25) is 0 Å². The summed E-state index contributed by atoms with van der Waals surface area (Å²) in [5, 5.41) is 5.90. The lowest BCUT2D eigenvalue weighted by Gasteiger charge is -2.24. The van der Waals surface area contributed by atoms with Gasteiger partial charge in [0.15, 0.2) is 0 Å². The average Bonchev–Trinajstić information content (AvgIpc) is 2.47. The molecule has 0 radical (unpaired) electrons. The third kappa shape index (κ3) is 10.9. The van der Waals surface area contributed by atoms with Crippen LogP contribution in [0.3, 0.4) is 0 Å². The lowest BCUT2D eigenvalue weighted by atomic mass is 10.1. The zero-order chi connectivity index (χ0) is 19.8. The minimum absolute atomic E-state index is 0.0259. The number of carbonyl (C=O) groups excluding carboxylic acids is 2. The topological polar surface area (TPSA) is 67.4 Å². The number of amides is 2. The molecule has 0 saturated heterocycles. The van der Waals surface area contributed by atoms with Crippen molar-refractivity contribution < 1.29 is 14.3 Å². The van der Waals surface area contributed by atoms with E-state index in [2.05, 4.69) is 10.6 Å². The van der Waals surface area contributed by atoms with Crippen LogP contribution in [0.25, 0.3) is 0 Å². The molecule has 0 bridgehead atoms. The van der Waals surface area contributed by atoms with Gasteiger partial charge < -0.3 is 15.4 Å².